The number of nitrogens with zero attached hydrogens (tertiary/aromatic N) is 2. The van der Waals surface area contributed by atoms with Gasteiger partial charge in [0.2, 0.25) is 0 Å². The van der Waals surface area contributed by atoms with Crippen molar-refractivity contribution in [2.24, 2.45) is 7.05 Å². The van der Waals surface area contributed by atoms with Crippen LogP contribution < -0.4 is 0 Å². The number of aliphatic hydroxyl groups excluding tert-OH is 1. The van der Waals surface area contributed by atoms with E-state index in [2.05, 4.69) is 5.10 Å². The van der Waals surface area contributed by atoms with Gasteiger partial charge in [-0.2, -0.15) is 5.10 Å². The van der Waals surface area contributed by atoms with Gasteiger partial charge in [0.25, 0.3) is 0 Å². The van der Waals surface area contributed by atoms with Crippen LogP contribution in [0.2, 0.25) is 0 Å². The summed E-state index contributed by atoms with van der Waals surface area (Å²) in [6.45, 7) is 0. The molecule has 0 fully saturated rings. The second kappa shape index (κ2) is 3.75. The fraction of sp³-hybridized carbons (Fsp3) is 0.154. The van der Waals surface area contributed by atoms with Crippen LogP contribution in [0.5, 0.6) is 0 Å². The van der Waals surface area contributed by atoms with Crippen molar-refractivity contribution in [2.45, 2.75) is 6.10 Å². The molecule has 0 bridgehead atoms. The van der Waals surface area contributed by atoms with Gasteiger partial charge >= 0.3 is 0 Å². The SMILES string of the molecule is Cn1nc(C(O)c2ccco2)c2ccccc21. The Morgan fingerprint density at radius 3 is 2.82 bits per heavy atom. The number of furan rings is 1. The monoisotopic (exact) mass is 228 g/mol. The maximum Gasteiger partial charge on any atom is 0.156 e. The molecule has 2 heterocycles. The normalized spacial score (nSPS) is 13.1. The Kier molecular flexibility index (Phi) is 2.23. The Bertz CT molecular complexity index is 641. The fourth-order valence-electron chi connectivity index (χ4n) is 2.03. The lowest BCUT2D eigenvalue weighted by atomic mass is 10.1. The summed E-state index contributed by atoms with van der Waals surface area (Å²) in [5.41, 5.74) is 1.62. The van der Waals surface area contributed by atoms with E-state index in [1.807, 2.05) is 31.3 Å². The molecule has 0 spiro atoms. The van der Waals surface area contributed by atoms with Crippen LogP contribution in [0, 0.1) is 0 Å². The van der Waals surface area contributed by atoms with Crippen LogP contribution in [-0.2, 0) is 7.05 Å². The number of rotatable bonds is 2. The van der Waals surface area contributed by atoms with Crippen molar-refractivity contribution in [3.63, 3.8) is 0 Å². The average Bonchev–Trinajstić information content (AvgIpc) is 2.97. The molecular weight excluding hydrogens is 216 g/mol. The van der Waals surface area contributed by atoms with Crippen molar-refractivity contribution >= 4 is 10.9 Å². The lowest BCUT2D eigenvalue weighted by Crippen LogP contribution is -2.00. The summed E-state index contributed by atoms with van der Waals surface area (Å²) in [5.74, 6) is 0.508. The number of para-hydroxylation sites is 1. The van der Waals surface area contributed by atoms with Crippen LogP contribution in [0.25, 0.3) is 10.9 Å². The third-order valence-electron chi connectivity index (χ3n) is 2.86. The lowest BCUT2D eigenvalue weighted by molar-refractivity contribution is 0.185. The molecule has 2 aromatic heterocycles. The van der Waals surface area contributed by atoms with E-state index in [0.717, 1.165) is 10.9 Å². The van der Waals surface area contributed by atoms with Crippen LogP contribution in [-0.4, -0.2) is 14.9 Å². The highest BCUT2D eigenvalue weighted by Crippen LogP contribution is 2.27. The molecule has 86 valence electrons. The van der Waals surface area contributed by atoms with Crippen LogP contribution in [0.15, 0.2) is 47.1 Å². The number of aliphatic hydroxyl groups is 1. The molecule has 1 aromatic carbocycles. The summed E-state index contributed by atoms with van der Waals surface area (Å²) in [7, 11) is 1.86. The van der Waals surface area contributed by atoms with Crippen molar-refractivity contribution in [3.8, 4) is 0 Å². The van der Waals surface area contributed by atoms with E-state index in [-0.39, 0.29) is 0 Å². The molecule has 3 aromatic rings. The fourth-order valence-corrected chi connectivity index (χ4v) is 2.03. The zero-order chi connectivity index (χ0) is 11.8. The molecule has 0 aliphatic rings. The second-order valence-corrected chi connectivity index (χ2v) is 3.94. The molecule has 0 amide bonds. The van der Waals surface area contributed by atoms with Crippen molar-refractivity contribution in [3.05, 3.63) is 54.1 Å². The van der Waals surface area contributed by atoms with E-state index < -0.39 is 6.10 Å². The third kappa shape index (κ3) is 1.54. The molecule has 4 nitrogen and oxygen atoms in total. The number of hydrogen-bond donors (Lipinski definition) is 1. The van der Waals surface area contributed by atoms with Crippen molar-refractivity contribution in [1.82, 2.24) is 9.78 Å². The van der Waals surface area contributed by atoms with E-state index >= 15 is 0 Å². The van der Waals surface area contributed by atoms with E-state index in [0.29, 0.717) is 11.5 Å². The van der Waals surface area contributed by atoms with E-state index in [9.17, 15) is 5.11 Å². The molecule has 0 aliphatic heterocycles. The minimum atomic E-state index is -0.823. The lowest BCUT2D eigenvalue weighted by Gasteiger charge is -2.04. The van der Waals surface area contributed by atoms with Crippen molar-refractivity contribution < 1.29 is 9.52 Å². The van der Waals surface area contributed by atoms with Gasteiger partial charge in [-0.05, 0) is 18.2 Å². The molecule has 0 saturated heterocycles. The maximum absolute atomic E-state index is 10.2. The molecule has 3 rings (SSSR count). The predicted octanol–water partition coefficient (Wildman–Crippen LogP) is 2.25. The second-order valence-electron chi connectivity index (χ2n) is 3.94. The van der Waals surface area contributed by atoms with Crippen LogP contribution >= 0.6 is 0 Å². The molecule has 0 saturated carbocycles. The van der Waals surface area contributed by atoms with Gasteiger partial charge in [0.1, 0.15) is 11.5 Å². The van der Waals surface area contributed by atoms with Gasteiger partial charge in [-0.1, -0.05) is 18.2 Å². The smallest absolute Gasteiger partial charge is 0.156 e. The van der Waals surface area contributed by atoms with Gasteiger partial charge in [0, 0.05) is 12.4 Å². The van der Waals surface area contributed by atoms with Gasteiger partial charge in [0.05, 0.1) is 11.8 Å². The van der Waals surface area contributed by atoms with Gasteiger partial charge in [-0.3, -0.25) is 4.68 Å². The number of fused-ring (bicyclic) bond motifs is 1. The first-order valence-electron chi connectivity index (χ1n) is 5.40. The van der Waals surface area contributed by atoms with Gasteiger partial charge in [-0.25, -0.2) is 0 Å². The molecule has 1 N–H and O–H groups in total. The Labute approximate surface area is 98.1 Å². The topological polar surface area (TPSA) is 51.2 Å². The largest absolute Gasteiger partial charge is 0.466 e. The summed E-state index contributed by atoms with van der Waals surface area (Å²) in [6.07, 6.45) is 0.722. The van der Waals surface area contributed by atoms with E-state index in [4.69, 9.17) is 4.42 Å². The van der Waals surface area contributed by atoms with Crippen molar-refractivity contribution in [2.75, 3.05) is 0 Å². The molecule has 0 radical (unpaired) electrons. The Morgan fingerprint density at radius 2 is 2.06 bits per heavy atom. The summed E-state index contributed by atoms with van der Waals surface area (Å²) in [5, 5.41) is 15.5. The van der Waals surface area contributed by atoms with Gasteiger partial charge in [0.15, 0.2) is 6.10 Å². The number of aromatic nitrogens is 2. The molecule has 17 heavy (non-hydrogen) atoms. The minimum absolute atomic E-state index is 0.508. The first-order chi connectivity index (χ1) is 8.27. The molecule has 1 atom stereocenters. The maximum atomic E-state index is 10.2. The van der Waals surface area contributed by atoms with E-state index in [1.165, 1.54) is 0 Å². The summed E-state index contributed by atoms with van der Waals surface area (Å²) in [4.78, 5) is 0. The number of hydrogen-bond acceptors (Lipinski definition) is 3. The average molecular weight is 228 g/mol. The standard InChI is InChI=1S/C13H12N2O2/c1-15-10-6-3-2-5-9(10)12(14-15)13(16)11-7-4-8-17-11/h2-8,13,16H,1H3. The molecule has 4 heteroatoms. The molecular formula is C13H12N2O2. The van der Waals surface area contributed by atoms with Gasteiger partial charge in [-0.15, -0.1) is 0 Å². The Hall–Kier alpha value is -2.07. The molecule has 1 unspecified atom stereocenters. The van der Waals surface area contributed by atoms with Crippen LogP contribution in [0.4, 0.5) is 0 Å². The predicted molar refractivity (Wildman–Crippen MR) is 63.5 cm³/mol. The highest BCUT2D eigenvalue weighted by Gasteiger charge is 2.20. The first kappa shape index (κ1) is 10.1. The van der Waals surface area contributed by atoms with E-state index in [1.54, 1.807) is 23.1 Å². The minimum Gasteiger partial charge on any atom is -0.466 e. The number of aryl methyl sites for hydroxylation is 1. The van der Waals surface area contributed by atoms with Crippen LogP contribution in [0.3, 0.4) is 0 Å². The highest BCUT2D eigenvalue weighted by atomic mass is 16.4. The third-order valence-corrected chi connectivity index (χ3v) is 2.86. The molecule has 0 aliphatic carbocycles. The highest BCUT2D eigenvalue weighted by molar-refractivity contribution is 5.82. The summed E-state index contributed by atoms with van der Waals surface area (Å²) >= 11 is 0. The summed E-state index contributed by atoms with van der Waals surface area (Å²) < 4.78 is 6.97. The quantitative estimate of drug-likeness (QED) is 0.731. The summed E-state index contributed by atoms with van der Waals surface area (Å²) in [6, 6.07) is 11.3. The Morgan fingerprint density at radius 1 is 1.24 bits per heavy atom. The number of benzene rings is 1. The first-order valence-corrected chi connectivity index (χ1v) is 5.40. The zero-order valence-corrected chi connectivity index (χ0v) is 9.37. The zero-order valence-electron chi connectivity index (χ0n) is 9.37. The van der Waals surface area contributed by atoms with Crippen molar-refractivity contribution in [1.29, 1.82) is 0 Å². The van der Waals surface area contributed by atoms with Gasteiger partial charge < -0.3 is 9.52 Å². The van der Waals surface area contributed by atoms with Crippen LogP contribution in [0.1, 0.15) is 17.6 Å². The Balaban J connectivity index is 2.18.